The van der Waals surface area contributed by atoms with Gasteiger partial charge in [-0.1, -0.05) is 12.2 Å². The number of rotatable bonds is 4. The fraction of sp³-hybridized carbons (Fsp3) is 0.417. The summed E-state index contributed by atoms with van der Waals surface area (Å²) in [7, 11) is -2.14. The van der Waals surface area contributed by atoms with Crippen LogP contribution in [0.15, 0.2) is 23.1 Å². The highest BCUT2D eigenvalue weighted by molar-refractivity contribution is 7.89. The molecule has 0 radical (unpaired) electrons. The van der Waals surface area contributed by atoms with E-state index in [1.54, 1.807) is 7.11 Å². The molecule has 1 fully saturated rings. The van der Waals surface area contributed by atoms with Gasteiger partial charge in [-0.15, -0.1) is 0 Å². The third-order valence-electron chi connectivity index (χ3n) is 3.28. The van der Waals surface area contributed by atoms with Crippen molar-refractivity contribution in [3.63, 3.8) is 0 Å². The predicted octanol–water partition coefficient (Wildman–Crippen LogP) is 0.869. The maximum absolute atomic E-state index is 13.5. The van der Waals surface area contributed by atoms with Gasteiger partial charge in [0.15, 0.2) is 0 Å². The average molecular weight is 318 g/mol. The summed E-state index contributed by atoms with van der Waals surface area (Å²) in [5.41, 5.74) is 5.32. The normalized spacial score (nSPS) is 20.2. The van der Waals surface area contributed by atoms with E-state index in [0.717, 1.165) is 6.07 Å². The van der Waals surface area contributed by atoms with Crippen LogP contribution in [0.25, 0.3) is 0 Å². The van der Waals surface area contributed by atoms with E-state index in [0.29, 0.717) is 19.5 Å². The van der Waals surface area contributed by atoms with Crippen LogP contribution in [0.1, 0.15) is 12.0 Å². The summed E-state index contributed by atoms with van der Waals surface area (Å²) in [6.45, 7) is 0.666. The molecule has 1 unspecified atom stereocenters. The summed E-state index contributed by atoms with van der Waals surface area (Å²) in [6, 6.07) is 3.45. The quantitative estimate of drug-likeness (QED) is 0.834. The van der Waals surface area contributed by atoms with Gasteiger partial charge in [0.2, 0.25) is 10.0 Å². The second kappa shape index (κ2) is 5.72. The van der Waals surface area contributed by atoms with E-state index in [1.807, 2.05) is 0 Å². The molecule has 1 aliphatic heterocycles. The number of thiocarbonyl (C=S) groups is 1. The number of sulfonamides is 1. The molecule has 1 aliphatic rings. The van der Waals surface area contributed by atoms with Crippen molar-refractivity contribution in [1.82, 2.24) is 4.31 Å². The van der Waals surface area contributed by atoms with E-state index >= 15 is 0 Å². The number of methoxy groups -OCH3 is 1. The largest absolute Gasteiger partial charge is 0.389 e. The number of halogens is 1. The Morgan fingerprint density at radius 3 is 2.80 bits per heavy atom. The molecule has 0 amide bonds. The molecule has 20 heavy (non-hydrogen) atoms. The summed E-state index contributed by atoms with van der Waals surface area (Å²) >= 11 is 4.71. The highest BCUT2D eigenvalue weighted by atomic mass is 32.2. The average Bonchev–Trinajstić information content (AvgIpc) is 2.88. The molecule has 0 bridgehead atoms. The Bertz CT molecular complexity index is 634. The van der Waals surface area contributed by atoms with Crippen LogP contribution in [-0.4, -0.2) is 44.0 Å². The third kappa shape index (κ3) is 2.83. The van der Waals surface area contributed by atoms with Gasteiger partial charge in [0.1, 0.15) is 10.8 Å². The van der Waals surface area contributed by atoms with E-state index < -0.39 is 15.8 Å². The highest BCUT2D eigenvalue weighted by Gasteiger charge is 2.32. The van der Waals surface area contributed by atoms with Gasteiger partial charge in [0.05, 0.1) is 11.0 Å². The summed E-state index contributed by atoms with van der Waals surface area (Å²) in [5, 5.41) is 0. The molecular weight excluding hydrogens is 303 g/mol. The van der Waals surface area contributed by atoms with E-state index in [9.17, 15) is 12.8 Å². The molecule has 0 saturated carbocycles. The number of hydrogen-bond acceptors (Lipinski definition) is 4. The van der Waals surface area contributed by atoms with E-state index in [4.69, 9.17) is 22.7 Å². The Morgan fingerprint density at radius 2 is 2.25 bits per heavy atom. The van der Waals surface area contributed by atoms with Crippen molar-refractivity contribution < 1.29 is 17.5 Å². The smallest absolute Gasteiger partial charge is 0.243 e. The molecule has 5 nitrogen and oxygen atoms in total. The van der Waals surface area contributed by atoms with Crippen molar-refractivity contribution in [3.05, 3.63) is 29.6 Å². The van der Waals surface area contributed by atoms with Crippen LogP contribution in [0, 0.1) is 5.82 Å². The zero-order valence-electron chi connectivity index (χ0n) is 10.9. The molecule has 0 spiro atoms. The number of nitrogens with two attached hydrogens (primary N) is 1. The predicted molar refractivity (Wildman–Crippen MR) is 76.5 cm³/mol. The summed E-state index contributed by atoms with van der Waals surface area (Å²) in [5.74, 6) is -0.632. The van der Waals surface area contributed by atoms with Gasteiger partial charge in [-0.3, -0.25) is 0 Å². The number of hydrogen-bond donors (Lipinski definition) is 1. The van der Waals surface area contributed by atoms with Gasteiger partial charge in [0, 0.05) is 25.8 Å². The van der Waals surface area contributed by atoms with Crippen LogP contribution in [0.3, 0.4) is 0 Å². The maximum Gasteiger partial charge on any atom is 0.243 e. The number of ether oxygens (including phenoxy) is 1. The zero-order chi connectivity index (χ0) is 14.9. The first-order valence-electron chi connectivity index (χ1n) is 5.98. The molecule has 1 heterocycles. The topological polar surface area (TPSA) is 72.6 Å². The van der Waals surface area contributed by atoms with Crippen molar-refractivity contribution in [3.8, 4) is 0 Å². The van der Waals surface area contributed by atoms with Crippen LogP contribution in [0.4, 0.5) is 4.39 Å². The fourth-order valence-electron chi connectivity index (χ4n) is 2.11. The van der Waals surface area contributed by atoms with Crippen molar-refractivity contribution in [2.24, 2.45) is 5.73 Å². The first-order valence-corrected chi connectivity index (χ1v) is 7.83. The van der Waals surface area contributed by atoms with Gasteiger partial charge in [-0.2, -0.15) is 4.31 Å². The molecule has 2 rings (SSSR count). The van der Waals surface area contributed by atoms with E-state index in [-0.39, 0.29) is 21.6 Å². The molecule has 1 saturated heterocycles. The standard InChI is InChI=1S/C12H15FN2O3S2/c1-18-8-4-5-15(7-8)20(16,17)9-2-3-11(13)10(6-9)12(14)19/h2-3,6,8H,4-5,7H2,1H3,(H2,14,19). The van der Waals surface area contributed by atoms with Crippen molar-refractivity contribution >= 4 is 27.2 Å². The number of nitrogens with zero attached hydrogens (tertiary/aromatic N) is 1. The lowest BCUT2D eigenvalue weighted by molar-refractivity contribution is 0.115. The minimum atomic E-state index is -3.68. The Balaban J connectivity index is 2.35. The van der Waals surface area contributed by atoms with Crippen molar-refractivity contribution in [1.29, 1.82) is 0 Å². The monoisotopic (exact) mass is 318 g/mol. The van der Waals surface area contributed by atoms with Gasteiger partial charge >= 0.3 is 0 Å². The van der Waals surface area contributed by atoms with Gasteiger partial charge in [-0.05, 0) is 24.6 Å². The van der Waals surface area contributed by atoms with E-state index in [1.165, 1.54) is 16.4 Å². The molecule has 110 valence electrons. The van der Waals surface area contributed by atoms with Crippen LogP contribution < -0.4 is 5.73 Å². The Hall–Kier alpha value is -1.09. The second-order valence-corrected chi connectivity index (χ2v) is 6.89. The Labute approximate surface area is 122 Å². The number of benzene rings is 1. The molecule has 1 atom stereocenters. The van der Waals surface area contributed by atoms with Crippen molar-refractivity contribution in [2.45, 2.75) is 17.4 Å². The summed E-state index contributed by atoms with van der Waals surface area (Å²) in [4.78, 5) is -0.186. The molecule has 0 aliphatic carbocycles. The maximum atomic E-state index is 13.5. The van der Waals surface area contributed by atoms with Crippen LogP contribution in [0.2, 0.25) is 0 Å². The minimum Gasteiger partial charge on any atom is -0.389 e. The third-order valence-corrected chi connectivity index (χ3v) is 5.36. The molecule has 0 aromatic heterocycles. The Kier molecular flexibility index (Phi) is 4.38. The second-order valence-electron chi connectivity index (χ2n) is 4.52. The SMILES string of the molecule is COC1CCN(S(=O)(=O)c2ccc(F)c(C(N)=S)c2)C1. The van der Waals surface area contributed by atoms with Crippen LogP contribution in [-0.2, 0) is 14.8 Å². The molecule has 2 N–H and O–H groups in total. The van der Waals surface area contributed by atoms with Crippen LogP contribution >= 0.6 is 12.2 Å². The fourth-order valence-corrected chi connectivity index (χ4v) is 3.78. The first kappa shape index (κ1) is 15.3. The highest BCUT2D eigenvalue weighted by Crippen LogP contribution is 2.23. The van der Waals surface area contributed by atoms with Gasteiger partial charge < -0.3 is 10.5 Å². The Morgan fingerprint density at radius 1 is 1.55 bits per heavy atom. The molecular formula is C12H15FN2O3S2. The molecule has 8 heteroatoms. The summed E-state index contributed by atoms with van der Waals surface area (Å²) < 4.78 is 44.9. The van der Waals surface area contributed by atoms with Gasteiger partial charge in [0.25, 0.3) is 0 Å². The minimum absolute atomic E-state index is 0.0153. The van der Waals surface area contributed by atoms with Gasteiger partial charge in [-0.25, -0.2) is 12.8 Å². The zero-order valence-corrected chi connectivity index (χ0v) is 12.5. The van der Waals surface area contributed by atoms with Crippen molar-refractivity contribution in [2.75, 3.05) is 20.2 Å². The molecule has 1 aromatic carbocycles. The first-order chi connectivity index (χ1) is 9.36. The lowest BCUT2D eigenvalue weighted by Crippen LogP contribution is -2.30. The van der Waals surface area contributed by atoms with E-state index in [2.05, 4.69) is 0 Å². The molecule has 1 aromatic rings. The summed E-state index contributed by atoms with van der Waals surface area (Å²) in [6.07, 6.45) is 0.527. The van der Waals surface area contributed by atoms with Crippen LogP contribution in [0.5, 0.6) is 0 Å². The lowest BCUT2D eigenvalue weighted by atomic mass is 10.2. The lowest BCUT2D eigenvalue weighted by Gasteiger charge is -2.17.